The number of hydrogen-bond acceptors (Lipinski definition) is 8. The Balaban J connectivity index is 1.68. The monoisotopic (exact) mass is 602 g/mol. The van der Waals surface area contributed by atoms with E-state index in [1.807, 2.05) is 60.7 Å². The van der Waals surface area contributed by atoms with Crippen molar-refractivity contribution in [3.05, 3.63) is 95.1 Å². The van der Waals surface area contributed by atoms with E-state index >= 15 is 0 Å². The van der Waals surface area contributed by atoms with Crippen LogP contribution in [0.5, 0.6) is 11.5 Å². The first kappa shape index (κ1) is 30.3. The Morgan fingerprint density at radius 1 is 0.842 bits per heavy atom. The highest BCUT2D eigenvalue weighted by molar-refractivity contribution is 7.48. The molecular weight excluding hydrogens is 578 g/mol. The second-order valence-electron chi connectivity index (χ2n) is 8.06. The van der Waals surface area contributed by atoms with Crippen LogP contribution in [0.3, 0.4) is 0 Å². The van der Waals surface area contributed by atoms with Crippen LogP contribution in [0.15, 0.2) is 72.8 Å². The van der Waals surface area contributed by atoms with Gasteiger partial charge in [0.05, 0.1) is 19.8 Å². The first-order valence-corrected chi connectivity index (χ1v) is 13.9. The number of phenolic OH excluding ortho intramolecular Hbond substituents is 1. The number of ether oxygens (including phenoxy) is 2. The molecule has 3 aromatic carbocycles. The van der Waals surface area contributed by atoms with Gasteiger partial charge in [-0.3, -0.25) is 13.6 Å². The molecule has 1 N–H and O–H groups in total. The molecular formula is C26H26Cl3O8P. The summed E-state index contributed by atoms with van der Waals surface area (Å²) < 4.78 is 38.8. The third-order valence-electron chi connectivity index (χ3n) is 4.92. The zero-order chi connectivity index (χ0) is 27.6. The van der Waals surface area contributed by atoms with Crippen molar-refractivity contribution in [2.24, 2.45) is 0 Å². The molecule has 0 fully saturated rings. The van der Waals surface area contributed by atoms with Crippen molar-refractivity contribution in [2.45, 2.75) is 30.5 Å². The molecule has 3 aromatic rings. The van der Waals surface area contributed by atoms with Gasteiger partial charge in [0.1, 0.15) is 6.61 Å². The number of halogens is 3. The summed E-state index contributed by atoms with van der Waals surface area (Å²) in [5.41, 5.74) is 2.49. The minimum atomic E-state index is -4.03. The summed E-state index contributed by atoms with van der Waals surface area (Å²) in [4.78, 5) is 11.9. The van der Waals surface area contributed by atoms with E-state index in [9.17, 15) is 14.5 Å². The lowest BCUT2D eigenvalue weighted by Gasteiger charge is -2.19. The predicted molar refractivity (Wildman–Crippen MR) is 144 cm³/mol. The number of aromatic hydroxyl groups is 1. The lowest BCUT2D eigenvalue weighted by molar-refractivity contribution is -0.145. The molecule has 0 saturated heterocycles. The number of phosphoric acid groups is 1. The maximum atomic E-state index is 13.5. The molecule has 0 atom stereocenters. The van der Waals surface area contributed by atoms with Gasteiger partial charge in [-0.25, -0.2) is 9.36 Å². The first-order chi connectivity index (χ1) is 18.0. The third-order valence-corrected chi connectivity index (χ3v) is 6.58. The molecule has 38 heavy (non-hydrogen) atoms. The Kier molecular flexibility index (Phi) is 11.3. The molecule has 3 rings (SSSR count). The summed E-state index contributed by atoms with van der Waals surface area (Å²) in [5, 5.41) is 10.4. The van der Waals surface area contributed by atoms with Gasteiger partial charge in [0.15, 0.2) is 18.1 Å². The molecule has 0 aliphatic heterocycles. The number of aryl methyl sites for hydroxylation is 1. The van der Waals surface area contributed by atoms with Crippen molar-refractivity contribution in [1.29, 1.82) is 0 Å². The normalized spacial score (nSPS) is 11.8. The maximum Gasteiger partial charge on any atom is 0.475 e. The van der Waals surface area contributed by atoms with Gasteiger partial charge in [-0.1, -0.05) is 95.5 Å². The van der Waals surface area contributed by atoms with Crippen LogP contribution in [0.1, 0.15) is 22.3 Å². The SMILES string of the molecule is Cc1cc(COP(=O)(OCc2ccccc2)OCc2ccccc2)cc(OCC(=O)OCC(Cl)(Cl)Cl)c1O. The van der Waals surface area contributed by atoms with Crippen LogP contribution in [0.25, 0.3) is 0 Å². The third kappa shape index (κ3) is 10.5. The van der Waals surface area contributed by atoms with Crippen molar-refractivity contribution in [2.75, 3.05) is 13.2 Å². The lowest BCUT2D eigenvalue weighted by Crippen LogP contribution is -2.21. The highest BCUT2D eigenvalue weighted by Crippen LogP contribution is 2.52. The molecule has 0 amide bonds. The van der Waals surface area contributed by atoms with E-state index in [-0.39, 0.29) is 31.3 Å². The van der Waals surface area contributed by atoms with Gasteiger partial charge in [-0.05, 0) is 41.3 Å². The van der Waals surface area contributed by atoms with Crippen molar-refractivity contribution in [3.8, 4) is 11.5 Å². The number of rotatable bonds is 13. The number of carbonyl (C=O) groups is 1. The first-order valence-electron chi connectivity index (χ1n) is 11.3. The van der Waals surface area contributed by atoms with Crippen molar-refractivity contribution in [3.63, 3.8) is 0 Å². The van der Waals surface area contributed by atoms with E-state index in [1.54, 1.807) is 13.0 Å². The average Bonchev–Trinajstić information content (AvgIpc) is 2.90. The molecule has 0 aliphatic rings. The molecule has 0 saturated carbocycles. The lowest BCUT2D eigenvalue weighted by atomic mass is 10.1. The van der Waals surface area contributed by atoms with Crippen LogP contribution in [-0.4, -0.2) is 28.1 Å². The molecule has 12 heteroatoms. The maximum absolute atomic E-state index is 13.5. The van der Waals surface area contributed by atoms with Gasteiger partial charge in [0, 0.05) is 0 Å². The number of hydrogen-bond donors (Lipinski definition) is 1. The molecule has 0 heterocycles. The number of carbonyl (C=O) groups excluding carboxylic acids is 1. The minimum Gasteiger partial charge on any atom is -0.504 e. The fourth-order valence-corrected chi connectivity index (χ4v) is 4.38. The zero-order valence-electron chi connectivity index (χ0n) is 20.3. The number of alkyl halides is 3. The highest BCUT2D eigenvalue weighted by Gasteiger charge is 2.28. The van der Waals surface area contributed by atoms with Gasteiger partial charge in [0.25, 0.3) is 0 Å². The van der Waals surface area contributed by atoms with Gasteiger partial charge >= 0.3 is 13.8 Å². The van der Waals surface area contributed by atoms with E-state index in [0.717, 1.165) is 11.1 Å². The van der Waals surface area contributed by atoms with E-state index in [0.29, 0.717) is 11.1 Å². The van der Waals surface area contributed by atoms with Crippen molar-refractivity contribution in [1.82, 2.24) is 0 Å². The Bertz CT molecular complexity index is 1190. The molecule has 0 unspecified atom stereocenters. The Labute approximate surface area is 235 Å². The Morgan fingerprint density at radius 3 is 1.84 bits per heavy atom. The predicted octanol–water partition coefficient (Wildman–Crippen LogP) is 7.05. The molecule has 0 bridgehead atoms. The standard InChI is InChI=1S/C26H26Cl3O8P/c1-19-12-22(13-23(25(19)31)33-17-24(30)34-18-26(27,28)29)16-37-38(32,35-14-20-8-4-2-5-9-20)36-15-21-10-6-3-7-11-21/h2-13,31H,14-18H2,1H3. The number of benzene rings is 3. The quantitative estimate of drug-likeness (QED) is 0.126. The van der Waals surface area contributed by atoms with Crippen LogP contribution >= 0.6 is 42.6 Å². The zero-order valence-corrected chi connectivity index (χ0v) is 23.5. The largest absolute Gasteiger partial charge is 0.504 e. The van der Waals surface area contributed by atoms with Crippen LogP contribution < -0.4 is 4.74 Å². The summed E-state index contributed by atoms with van der Waals surface area (Å²) >= 11 is 16.7. The summed E-state index contributed by atoms with van der Waals surface area (Å²) in [6.07, 6.45) is 0. The summed E-state index contributed by atoms with van der Waals surface area (Å²) in [6.45, 7) is 0.440. The second kappa shape index (κ2) is 14.2. The van der Waals surface area contributed by atoms with Gasteiger partial charge in [-0.15, -0.1) is 0 Å². The van der Waals surface area contributed by atoms with Gasteiger partial charge in [0.2, 0.25) is 3.79 Å². The minimum absolute atomic E-state index is 0.00613. The molecule has 0 aromatic heterocycles. The van der Waals surface area contributed by atoms with Crippen LogP contribution in [0, 0.1) is 6.92 Å². The number of esters is 1. The van der Waals surface area contributed by atoms with Crippen molar-refractivity contribution < 1.29 is 37.5 Å². The second-order valence-corrected chi connectivity index (χ2v) is 12.2. The fraction of sp³-hybridized carbons (Fsp3) is 0.269. The average molecular weight is 604 g/mol. The van der Waals surface area contributed by atoms with Gasteiger partial charge in [-0.2, -0.15) is 0 Å². The molecule has 0 aliphatic carbocycles. The van der Waals surface area contributed by atoms with Crippen LogP contribution in [0.2, 0.25) is 0 Å². The molecule has 0 radical (unpaired) electrons. The van der Waals surface area contributed by atoms with Crippen LogP contribution in [-0.2, 0) is 47.5 Å². The summed E-state index contributed by atoms with van der Waals surface area (Å²) in [5.74, 6) is -1.01. The smallest absolute Gasteiger partial charge is 0.475 e. The van der Waals surface area contributed by atoms with E-state index in [2.05, 4.69) is 0 Å². The van der Waals surface area contributed by atoms with E-state index < -0.39 is 30.8 Å². The molecule has 8 nitrogen and oxygen atoms in total. The molecule has 0 spiro atoms. The Morgan fingerprint density at radius 2 is 1.34 bits per heavy atom. The van der Waals surface area contributed by atoms with E-state index in [1.165, 1.54) is 6.07 Å². The fourth-order valence-electron chi connectivity index (χ4n) is 3.07. The summed E-state index contributed by atoms with van der Waals surface area (Å²) in [7, 11) is -4.03. The van der Waals surface area contributed by atoms with Crippen LogP contribution in [0.4, 0.5) is 0 Å². The topological polar surface area (TPSA) is 101 Å². The highest BCUT2D eigenvalue weighted by atomic mass is 35.6. The van der Waals surface area contributed by atoms with Crippen molar-refractivity contribution >= 4 is 48.6 Å². The van der Waals surface area contributed by atoms with Gasteiger partial charge < -0.3 is 14.6 Å². The molecule has 204 valence electrons. The number of phosphoric ester groups is 1. The van der Waals surface area contributed by atoms with E-state index in [4.69, 9.17) is 57.8 Å². The summed E-state index contributed by atoms with van der Waals surface area (Å²) in [6, 6.07) is 21.4. The Hall–Kier alpha value is -2.29. The number of phenols is 1.